The van der Waals surface area contributed by atoms with Gasteiger partial charge in [-0.2, -0.15) is 31.4 Å². The number of hydrogen-bond acceptors (Lipinski definition) is 3. The maximum absolute atomic E-state index is 13.3. The van der Waals surface area contributed by atoms with E-state index in [0.717, 1.165) is 59.6 Å². The number of alkyl halides is 9. The van der Waals surface area contributed by atoms with Gasteiger partial charge < -0.3 is 10.1 Å². The molecule has 15 heteroatoms. The van der Waals surface area contributed by atoms with E-state index in [1.807, 2.05) is 0 Å². The van der Waals surface area contributed by atoms with Gasteiger partial charge in [0.15, 0.2) is 0 Å². The summed E-state index contributed by atoms with van der Waals surface area (Å²) in [6.07, 6.45) is -14.3. The van der Waals surface area contributed by atoms with Crippen molar-refractivity contribution in [1.29, 1.82) is 0 Å². The Hall–Kier alpha value is -3.94. The number of halogens is 10. The Morgan fingerprint density at radius 2 is 1.51 bits per heavy atom. The van der Waals surface area contributed by atoms with E-state index in [2.05, 4.69) is 15.2 Å². The first kappa shape index (κ1) is 30.0. The second-order valence-corrected chi connectivity index (χ2v) is 9.52. The number of carbonyl (C=O) groups excluding carboxylic acids is 1. The third kappa shape index (κ3) is 6.69. The molecule has 1 atom stereocenters. The zero-order valence-electron chi connectivity index (χ0n) is 20.5. The summed E-state index contributed by atoms with van der Waals surface area (Å²) in [6.45, 7) is 1.28. The highest BCUT2D eigenvalue weighted by Gasteiger charge is 2.44. The standard InChI is InChI=1S/C26H17ClF9N3O2/c1-23(15-3-5-16(6-4-15)24(28,29)30)13-39(22(40)37-17-7-9-18(10-8-17)41-26(34,35)36)38-21(23)14-2-11-19(20(27)12-14)25(31,32)33/h2-12H,13H2,1H3,(H,37,40). The summed E-state index contributed by atoms with van der Waals surface area (Å²) in [7, 11) is 0. The number of nitrogens with zero attached hydrogens (tertiary/aromatic N) is 2. The van der Waals surface area contributed by atoms with E-state index >= 15 is 0 Å². The summed E-state index contributed by atoms with van der Waals surface area (Å²) in [5, 5.41) is 6.93. The average Bonchev–Trinajstić information content (AvgIpc) is 3.22. The van der Waals surface area contributed by atoms with E-state index in [1.54, 1.807) is 0 Å². The summed E-state index contributed by atoms with van der Waals surface area (Å²) in [5.74, 6) is -0.536. The highest BCUT2D eigenvalue weighted by Crippen LogP contribution is 2.40. The van der Waals surface area contributed by atoms with Crippen LogP contribution in [0.25, 0.3) is 0 Å². The number of anilines is 1. The van der Waals surface area contributed by atoms with Crippen LogP contribution < -0.4 is 10.1 Å². The molecule has 3 aromatic rings. The van der Waals surface area contributed by atoms with E-state index in [9.17, 15) is 44.3 Å². The molecule has 0 bridgehead atoms. The zero-order valence-corrected chi connectivity index (χ0v) is 21.3. The average molecular weight is 610 g/mol. The lowest BCUT2D eigenvalue weighted by Gasteiger charge is -2.27. The number of benzene rings is 3. The largest absolute Gasteiger partial charge is 0.573 e. The SMILES string of the molecule is CC1(c2ccc(C(F)(F)F)cc2)CN(C(=O)Nc2ccc(OC(F)(F)F)cc2)N=C1c1ccc(C(F)(F)F)c(Cl)c1. The second kappa shape index (κ2) is 10.5. The van der Waals surface area contributed by atoms with Crippen molar-refractivity contribution in [3.8, 4) is 5.75 Å². The lowest BCUT2D eigenvalue weighted by Crippen LogP contribution is -2.39. The van der Waals surface area contributed by atoms with Gasteiger partial charge in [-0.1, -0.05) is 29.8 Å². The lowest BCUT2D eigenvalue weighted by atomic mass is 9.76. The van der Waals surface area contributed by atoms with E-state index < -0.39 is 52.1 Å². The van der Waals surface area contributed by atoms with Gasteiger partial charge in [0.25, 0.3) is 0 Å². The molecule has 0 aliphatic carbocycles. The molecule has 0 radical (unpaired) electrons. The number of nitrogens with one attached hydrogen (secondary N) is 1. The molecule has 0 fully saturated rings. The Kier molecular flexibility index (Phi) is 7.67. The van der Waals surface area contributed by atoms with E-state index in [-0.39, 0.29) is 29.1 Å². The van der Waals surface area contributed by atoms with Crippen LogP contribution in [0.5, 0.6) is 5.75 Å². The molecular formula is C26H17ClF9N3O2. The van der Waals surface area contributed by atoms with Gasteiger partial charge in [0.1, 0.15) is 5.75 Å². The molecule has 1 heterocycles. The molecule has 218 valence electrons. The molecule has 0 spiro atoms. The summed E-state index contributed by atoms with van der Waals surface area (Å²) in [4.78, 5) is 13.0. The number of amides is 2. The highest BCUT2D eigenvalue weighted by atomic mass is 35.5. The molecule has 3 aromatic carbocycles. The molecule has 1 unspecified atom stereocenters. The molecule has 1 N–H and O–H groups in total. The lowest BCUT2D eigenvalue weighted by molar-refractivity contribution is -0.274. The zero-order chi connectivity index (χ0) is 30.4. The fourth-order valence-corrected chi connectivity index (χ4v) is 4.50. The van der Waals surface area contributed by atoms with Crippen molar-refractivity contribution in [1.82, 2.24) is 5.01 Å². The number of rotatable bonds is 4. The molecule has 2 amide bonds. The molecule has 0 saturated heterocycles. The Balaban J connectivity index is 1.68. The van der Waals surface area contributed by atoms with Crippen LogP contribution in [0.15, 0.2) is 71.8 Å². The molecule has 41 heavy (non-hydrogen) atoms. The number of carbonyl (C=O) groups is 1. The normalized spacial score (nSPS) is 17.8. The Morgan fingerprint density at radius 3 is 2.02 bits per heavy atom. The third-order valence-electron chi connectivity index (χ3n) is 6.18. The first-order chi connectivity index (χ1) is 18.9. The first-order valence-corrected chi connectivity index (χ1v) is 11.8. The van der Waals surface area contributed by atoms with Gasteiger partial charge >= 0.3 is 24.7 Å². The topological polar surface area (TPSA) is 53.9 Å². The van der Waals surface area contributed by atoms with Crippen molar-refractivity contribution in [2.24, 2.45) is 5.10 Å². The molecule has 0 saturated carbocycles. The minimum atomic E-state index is -4.92. The van der Waals surface area contributed by atoms with Gasteiger partial charge in [-0.05, 0) is 61.0 Å². The fourth-order valence-electron chi connectivity index (χ4n) is 4.21. The number of hydrogen-bond donors (Lipinski definition) is 1. The van der Waals surface area contributed by atoms with Gasteiger partial charge in [0.2, 0.25) is 0 Å². The van der Waals surface area contributed by atoms with Crippen molar-refractivity contribution in [2.45, 2.75) is 31.1 Å². The van der Waals surface area contributed by atoms with Crippen molar-refractivity contribution in [3.63, 3.8) is 0 Å². The van der Waals surface area contributed by atoms with Gasteiger partial charge in [-0.25, -0.2) is 9.80 Å². The number of ether oxygens (including phenoxy) is 1. The van der Waals surface area contributed by atoms with Gasteiger partial charge in [-0.15, -0.1) is 13.2 Å². The molecule has 5 nitrogen and oxygen atoms in total. The van der Waals surface area contributed by atoms with Crippen LogP contribution in [-0.2, 0) is 17.8 Å². The van der Waals surface area contributed by atoms with Crippen LogP contribution in [0.4, 0.5) is 50.0 Å². The van der Waals surface area contributed by atoms with Crippen LogP contribution in [0.1, 0.15) is 29.2 Å². The number of urea groups is 1. The Bertz CT molecular complexity index is 1470. The van der Waals surface area contributed by atoms with E-state index in [4.69, 9.17) is 11.6 Å². The first-order valence-electron chi connectivity index (χ1n) is 11.4. The third-order valence-corrected chi connectivity index (χ3v) is 6.49. The molecule has 0 aromatic heterocycles. The maximum atomic E-state index is 13.3. The number of hydrazone groups is 1. The molecular weight excluding hydrogens is 593 g/mol. The van der Waals surface area contributed by atoms with Crippen LogP contribution in [0, 0.1) is 0 Å². The predicted octanol–water partition coefficient (Wildman–Crippen LogP) is 8.49. The van der Waals surface area contributed by atoms with Gasteiger partial charge in [-0.3, -0.25) is 0 Å². The second-order valence-electron chi connectivity index (χ2n) is 9.11. The van der Waals surface area contributed by atoms with Crippen molar-refractivity contribution in [3.05, 3.63) is 94.0 Å². The summed E-state index contributed by atoms with van der Waals surface area (Å²) >= 11 is 5.89. The van der Waals surface area contributed by atoms with Crippen LogP contribution in [0.3, 0.4) is 0 Å². The molecule has 1 aliphatic rings. The monoisotopic (exact) mass is 609 g/mol. The van der Waals surface area contributed by atoms with Crippen molar-refractivity contribution >= 4 is 29.0 Å². The maximum Gasteiger partial charge on any atom is 0.573 e. The van der Waals surface area contributed by atoms with Crippen molar-refractivity contribution < 1.29 is 49.0 Å². The van der Waals surface area contributed by atoms with Gasteiger partial charge in [0.05, 0.1) is 33.8 Å². The van der Waals surface area contributed by atoms with Crippen LogP contribution in [0.2, 0.25) is 5.02 Å². The summed E-state index contributed by atoms with van der Waals surface area (Å²) < 4.78 is 120. The highest BCUT2D eigenvalue weighted by molar-refractivity contribution is 6.32. The minimum absolute atomic E-state index is 0.0389. The van der Waals surface area contributed by atoms with Crippen LogP contribution >= 0.6 is 11.6 Å². The van der Waals surface area contributed by atoms with Gasteiger partial charge in [0, 0.05) is 11.3 Å². The van der Waals surface area contributed by atoms with Crippen LogP contribution in [-0.4, -0.2) is 29.7 Å². The quantitative estimate of drug-likeness (QED) is 0.302. The smallest absolute Gasteiger partial charge is 0.406 e. The van der Waals surface area contributed by atoms with E-state index in [0.29, 0.717) is 0 Å². The van der Waals surface area contributed by atoms with E-state index in [1.165, 1.54) is 19.1 Å². The Labute approximate surface area is 231 Å². The Morgan fingerprint density at radius 1 is 0.902 bits per heavy atom. The van der Waals surface area contributed by atoms with Crippen molar-refractivity contribution in [2.75, 3.05) is 11.9 Å². The summed E-state index contributed by atoms with van der Waals surface area (Å²) in [5.41, 5.74) is -2.93. The predicted molar refractivity (Wildman–Crippen MR) is 131 cm³/mol. The summed E-state index contributed by atoms with van der Waals surface area (Å²) in [6, 6.07) is 10.1. The molecule has 1 aliphatic heterocycles. The molecule has 4 rings (SSSR count). The minimum Gasteiger partial charge on any atom is -0.406 e. The fraction of sp³-hybridized carbons (Fsp3) is 0.231.